The molecule has 1 rings (SSSR count). The maximum atomic E-state index is 11.1. The maximum Gasteiger partial charge on any atom is 0.337 e. The summed E-state index contributed by atoms with van der Waals surface area (Å²) < 4.78 is 4.56. The van der Waals surface area contributed by atoms with E-state index < -0.39 is 0 Å². The van der Waals surface area contributed by atoms with Crippen LogP contribution in [0.5, 0.6) is 0 Å². The van der Waals surface area contributed by atoms with Crippen LogP contribution in [0.4, 0.5) is 0 Å². The highest BCUT2D eigenvalue weighted by Gasteiger charge is 2.07. The molecule has 0 saturated carbocycles. The molecule has 0 aliphatic carbocycles. The largest absolute Gasteiger partial charge is 0.465 e. The number of benzene rings is 1. The van der Waals surface area contributed by atoms with Crippen LogP contribution >= 0.6 is 0 Å². The maximum absolute atomic E-state index is 11.1. The van der Waals surface area contributed by atoms with Crippen molar-refractivity contribution >= 4 is 11.5 Å². The van der Waals surface area contributed by atoms with Gasteiger partial charge in [0.25, 0.3) is 0 Å². The van der Waals surface area contributed by atoms with Crippen molar-refractivity contribution in [2.24, 2.45) is 0 Å². The first-order chi connectivity index (χ1) is 6.15. The van der Waals surface area contributed by atoms with Crippen molar-refractivity contribution in [1.82, 2.24) is 0 Å². The Balaban J connectivity index is 2.90. The van der Waals surface area contributed by atoms with E-state index in [1.165, 1.54) is 7.11 Å². The van der Waals surface area contributed by atoms with E-state index >= 15 is 0 Å². The number of ether oxygens (including phenoxy) is 1. The van der Waals surface area contributed by atoms with E-state index in [-0.39, 0.29) is 5.97 Å². The number of esters is 1. The second-order valence-corrected chi connectivity index (χ2v) is 2.84. The van der Waals surface area contributed by atoms with Crippen molar-refractivity contribution in [2.45, 2.75) is 6.92 Å². The quantitative estimate of drug-likeness (QED) is 0.510. The molecule has 0 bridgehead atoms. The number of hydrogen-bond donors (Lipinski definition) is 0. The molecule has 0 N–H and O–H groups in total. The molecule has 1 aromatic rings. The Morgan fingerprint density at radius 1 is 1.31 bits per heavy atom. The molecule has 1 aromatic carbocycles. The molecule has 0 aliphatic heterocycles. The van der Waals surface area contributed by atoms with Crippen molar-refractivity contribution in [3.05, 3.63) is 42.0 Å². The third kappa shape index (κ3) is 2.18. The summed E-state index contributed by atoms with van der Waals surface area (Å²) in [6.07, 6.45) is 0. The van der Waals surface area contributed by atoms with Crippen LogP contribution in [-0.4, -0.2) is 13.1 Å². The Kier molecular flexibility index (Phi) is 2.85. The summed E-state index contributed by atoms with van der Waals surface area (Å²) in [5.74, 6) is -0.385. The fraction of sp³-hybridized carbons (Fsp3) is 0.182. The molecular weight excluding hydrogens is 164 g/mol. The molecule has 0 aromatic heterocycles. The Morgan fingerprint density at radius 2 is 1.85 bits per heavy atom. The van der Waals surface area contributed by atoms with Crippen LogP contribution in [0.15, 0.2) is 30.8 Å². The van der Waals surface area contributed by atoms with E-state index in [0.29, 0.717) is 5.57 Å². The molecule has 0 spiro atoms. The zero-order valence-corrected chi connectivity index (χ0v) is 7.83. The number of carbonyl (C=O) groups is 1. The van der Waals surface area contributed by atoms with E-state index in [1.807, 2.05) is 31.2 Å². The van der Waals surface area contributed by atoms with Crippen LogP contribution in [0, 0.1) is 6.92 Å². The Labute approximate surface area is 77.8 Å². The van der Waals surface area contributed by atoms with Gasteiger partial charge in [-0.15, -0.1) is 0 Å². The summed E-state index contributed by atoms with van der Waals surface area (Å²) in [5, 5.41) is 0. The van der Waals surface area contributed by atoms with Crippen LogP contribution in [0.2, 0.25) is 0 Å². The number of carbonyl (C=O) groups excluding carboxylic acids is 1. The molecule has 13 heavy (non-hydrogen) atoms. The Hall–Kier alpha value is -1.57. The van der Waals surface area contributed by atoms with Crippen LogP contribution < -0.4 is 0 Å². The second kappa shape index (κ2) is 3.90. The predicted octanol–water partition coefficient (Wildman–Crippen LogP) is 2.18. The Bertz CT molecular complexity index is 322. The predicted molar refractivity (Wildman–Crippen MR) is 52.2 cm³/mol. The van der Waals surface area contributed by atoms with Gasteiger partial charge < -0.3 is 4.74 Å². The van der Waals surface area contributed by atoms with E-state index in [0.717, 1.165) is 11.1 Å². The lowest BCUT2D eigenvalue weighted by Gasteiger charge is -2.03. The smallest absolute Gasteiger partial charge is 0.337 e. The summed E-state index contributed by atoms with van der Waals surface area (Å²) in [6, 6.07) is 7.58. The molecule has 0 unspecified atom stereocenters. The van der Waals surface area contributed by atoms with Crippen LogP contribution in [0.1, 0.15) is 11.1 Å². The normalized spacial score (nSPS) is 9.38. The van der Waals surface area contributed by atoms with Gasteiger partial charge in [-0.25, -0.2) is 4.79 Å². The minimum absolute atomic E-state index is 0.385. The molecule has 0 heterocycles. The van der Waals surface area contributed by atoms with Crippen LogP contribution in [0.3, 0.4) is 0 Å². The van der Waals surface area contributed by atoms with Crippen molar-refractivity contribution in [1.29, 1.82) is 0 Å². The molecule has 0 saturated heterocycles. The fourth-order valence-corrected chi connectivity index (χ4v) is 0.996. The Morgan fingerprint density at radius 3 is 2.31 bits per heavy atom. The topological polar surface area (TPSA) is 26.3 Å². The average Bonchev–Trinajstić information content (AvgIpc) is 2.17. The summed E-state index contributed by atoms with van der Waals surface area (Å²) in [6.45, 7) is 5.64. The van der Waals surface area contributed by atoms with Gasteiger partial charge in [-0.05, 0) is 12.5 Å². The van der Waals surface area contributed by atoms with Crippen molar-refractivity contribution in [3.63, 3.8) is 0 Å². The summed E-state index contributed by atoms with van der Waals surface area (Å²) in [4.78, 5) is 11.1. The molecule has 0 radical (unpaired) electrons. The summed E-state index contributed by atoms with van der Waals surface area (Å²) >= 11 is 0. The van der Waals surface area contributed by atoms with Crippen LogP contribution in [-0.2, 0) is 9.53 Å². The van der Waals surface area contributed by atoms with Gasteiger partial charge in [-0.2, -0.15) is 0 Å². The highest BCUT2D eigenvalue weighted by Crippen LogP contribution is 2.13. The van der Waals surface area contributed by atoms with E-state index in [2.05, 4.69) is 11.3 Å². The van der Waals surface area contributed by atoms with E-state index in [9.17, 15) is 4.79 Å². The highest BCUT2D eigenvalue weighted by molar-refractivity contribution is 6.15. The number of rotatable bonds is 2. The SMILES string of the molecule is C=C(C(=O)OC)c1ccc(C)cc1. The zero-order chi connectivity index (χ0) is 9.84. The van der Waals surface area contributed by atoms with E-state index in [1.54, 1.807) is 0 Å². The molecule has 0 amide bonds. The second-order valence-electron chi connectivity index (χ2n) is 2.84. The minimum Gasteiger partial charge on any atom is -0.465 e. The third-order valence-corrected chi connectivity index (χ3v) is 1.83. The molecule has 0 aliphatic rings. The lowest BCUT2D eigenvalue weighted by atomic mass is 10.1. The third-order valence-electron chi connectivity index (χ3n) is 1.83. The monoisotopic (exact) mass is 176 g/mol. The summed E-state index contributed by atoms with van der Waals surface area (Å²) in [7, 11) is 1.35. The molecule has 0 atom stereocenters. The van der Waals surface area contributed by atoms with Gasteiger partial charge in [0.1, 0.15) is 0 Å². The molecule has 2 nitrogen and oxygen atoms in total. The molecule has 0 fully saturated rings. The van der Waals surface area contributed by atoms with Crippen LogP contribution in [0.25, 0.3) is 5.57 Å². The van der Waals surface area contributed by atoms with Gasteiger partial charge in [-0.3, -0.25) is 0 Å². The molecule has 2 heteroatoms. The summed E-state index contributed by atoms with van der Waals surface area (Å²) in [5.41, 5.74) is 2.35. The highest BCUT2D eigenvalue weighted by atomic mass is 16.5. The van der Waals surface area contributed by atoms with Crippen molar-refractivity contribution < 1.29 is 9.53 Å². The molecule has 68 valence electrons. The lowest BCUT2D eigenvalue weighted by Crippen LogP contribution is -2.02. The average molecular weight is 176 g/mol. The van der Waals surface area contributed by atoms with Crippen molar-refractivity contribution in [3.8, 4) is 0 Å². The van der Waals surface area contributed by atoms with Crippen molar-refractivity contribution in [2.75, 3.05) is 7.11 Å². The van der Waals surface area contributed by atoms with Gasteiger partial charge in [0.2, 0.25) is 0 Å². The van der Waals surface area contributed by atoms with Gasteiger partial charge in [0.15, 0.2) is 0 Å². The molecular formula is C11H12O2. The standard InChI is InChI=1S/C11H12O2/c1-8-4-6-10(7-5-8)9(2)11(12)13-3/h4-7H,2H2,1,3H3. The van der Waals surface area contributed by atoms with Gasteiger partial charge in [0.05, 0.1) is 12.7 Å². The first-order valence-corrected chi connectivity index (χ1v) is 3.99. The van der Waals surface area contributed by atoms with Gasteiger partial charge in [-0.1, -0.05) is 36.4 Å². The zero-order valence-electron chi connectivity index (χ0n) is 7.83. The number of aryl methyl sites for hydroxylation is 1. The fourth-order valence-electron chi connectivity index (χ4n) is 0.996. The van der Waals surface area contributed by atoms with E-state index in [4.69, 9.17) is 0 Å². The minimum atomic E-state index is -0.385. The first kappa shape index (κ1) is 9.52. The van der Waals surface area contributed by atoms with Gasteiger partial charge >= 0.3 is 5.97 Å². The first-order valence-electron chi connectivity index (χ1n) is 3.99. The number of methoxy groups -OCH3 is 1. The van der Waals surface area contributed by atoms with Gasteiger partial charge in [0, 0.05) is 0 Å². The number of hydrogen-bond acceptors (Lipinski definition) is 2. The lowest BCUT2D eigenvalue weighted by molar-refractivity contribution is -0.133.